The maximum Gasteiger partial charge on any atom is 0.185 e. The van der Waals surface area contributed by atoms with Gasteiger partial charge in [-0.15, -0.1) is 0 Å². The van der Waals surface area contributed by atoms with Crippen LogP contribution in [-0.2, 0) is 4.79 Å². The van der Waals surface area contributed by atoms with Crippen LogP contribution in [0, 0.1) is 0 Å². The molecule has 0 rings (SSSR count). The van der Waals surface area contributed by atoms with Gasteiger partial charge in [-0.25, -0.2) is 0 Å². The average molecular weight is 147 g/mol. The molecule has 0 radical (unpaired) electrons. The molecular weight excluding hydrogens is 134 g/mol. The van der Waals surface area contributed by atoms with Gasteiger partial charge in [0.15, 0.2) is 5.12 Å². The summed E-state index contributed by atoms with van der Waals surface area (Å²) >= 11 is 1.38. The number of nitrogens with two attached hydrogens (primary N) is 1. The lowest BCUT2D eigenvalue weighted by Gasteiger charge is -1.93. The Morgan fingerprint density at radius 2 is 2.22 bits per heavy atom. The van der Waals surface area contributed by atoms with Gasteiger partial charge in [0.2, 0.25) is 0 Å². The molecule has 0 fully saturated rings. The Labute approximate surface area is 60.2 Å². The van der Waals surface area contributed by atoms with Crippen molar-refractivity contribution >= 4 is 16.9 Å². The van der Waals surface area contributed by atoms with Gasteiger partial charge in [-0.2, -0.15) is 0 Å². The first-order valence-electron chi connectivity index (χ1n) is 3.11. The highest BCUT2D eigenvalue weighted by molar-refractivity contribution is 8.13. The maximum absolute atomic E-state index is 10.3. The molecule has 0 bridgehead atoms. The second kappa shape index (κ2) is 6.11. The molecule has 0 aliphatic carbocycles. The first-order chi connectivity index (χ1) is 4.27. The summed E-state index contributed by atoms with van der Waals surface area (Å²) in [4.78, 5) is 10.3. The molecule has 0 aliphatic heterocycles. The lowest BCUT2D eigenvalue weighted by Crippen LogP contribution is -1.98. The predicted molar refractivity (Wildman–Crippen MR) is 41.4 cm³/mol. The van der Waals surface area contributed by atoms with E-state index >= 15 is 0 Å². The van der Waals surface area contributed by atoms with E-state index in [9.17, 15) is 4.79 Å². The summed E-state index contributed by atoms with van der Waals surface area (Å²) < 4.78 is 0. The summed E-state index contributed by atoms with van der Waals surface area (Å²) in [5.41, 5.74) is 5.25. The molecule has 0 spiro atoms. The van der Waals surface area contributed by atoms with E-state index in [1.54, 1.807) is 6.92 Å². The number of unbranched alkanes of at least 4 members (excludes halogenated alkanes) is 1. The third-order valence-electron chi connectivity index (χ3n) is 0.904. The van der Waals surface area contributed by atoms with E-state index in [1.807, 2.05) is 0 Å². The van der Waals surface area contributed by atoms with Gasteiger partial charge >= 0.3 is 0 Å². The fourth-order valence-electron chi connectivity index (χ4n) is 0.462. The van der Waals surface area contributed by atoms with Crippen LogP contribution in [0.25, 0.3) is 0 Å². The van der Waals surface area contributed by atoms with Crippen LogP contribution < -0.4 is 5.73 Å². The lowest BCUT2D eigenvalue weighted by atomic mass is 10.3. The molecule has 0 aromatic rings. The van der Waals surface area contributed by atoms with Gasteiger partial charge in [-0.3, -0.25) is 4.79 Å². The first-order valence-corrected chi connectivity index (χ1v) is 4.09. The highest BCUT2D eigenvalue weighted by Gasteiger charge is 1.91. The normalized spacial score (nSPS) is 9.56. The molecule has 2 nitrogen and oxygen atoms in total. The van der Waals surface area contributed by atoms with Crippen molar-refractivity contribution in [2.75, 3.05) is 12.3 Å². The predicted octanol–water partition coefficient (Wildman–Crippen LogP) is 1.01. The summed E-state index contributed by atoms with van der Waals surface area (Å²) in [5, 5.41) is 0.201. The molecule has 0 aromatic carbocycles. The third-order valence-corrected chi connectivity index (χ3v) is 1.80. The van der Waals surface area contributed by atoms with Crippen molar-refractivity contribution < 1.29 is 4.79 Å². The fraction of sp³-hybridized carbons (Fsp3) is 0.833. The van der Waals surface area contributed by atoms with Gasteiger partial charge in [0.1, 0.15) is 0 Å². The van der Waals surface area contributed by atoms with Crippen LogP contribution in [0.4, 0.5) is 0 Å². The third kappa shape index (κ3) is 7.98. The summed E-state index contributed by atoms with van der Waals surface area (Å²) in [5.74, 6) is 0.923. The Balaban J connectivity index is 2.83. The number of carbonyl (C=O) groups excluding carboxylic acids is 1. The minimum absolute atomic E-state index is 0.201. The quantitative estimate of drug-likeness (QED) is 0.603. The van der Waals surface area contributed by atoms with Crippen LogP contribution >= 0.6 is 11.8 Å². The van der Waals surface area contributed by atoms with E-state index in [0.29, 0.717) is 0 Å². The van der Waals surface area contributed by atoms with Gasteiger partial charge in [0.05, 0.1) is 0 Å². The lowest BCUT2D eigenvalue weighted by molar-refractivity contribution is -0.109. The van der Waals surface area contributed by atoms with E-state index in [0.717, 1.165) is 25.1 Å². The summed E-state index contributed by atoms with van der Waals surface area (Å²) in [6, 6.07) is 0. The smallest absolute Gasteiger partial charge is 0.185 e. The monoisotopic (exact) mass is 147 g/mol. The van der Waals surface area contributed by atoms with Crippen molar-refractivity contribution in [2.45, 2.75) is 19.8 Å². The van der Waals surface area contributed by atoms with Crippen LogP contribution in [0.5, 0.6) is 0 Å². The topological polar surface area (TPSA) is 43.1 Å². The van der Waals surface area contributed by atoms with Gasteiger partial charge in [-0.1, -0.05) is 11.8 Å². The van der Waals surface area contributed by atoms with E-state index < -0.39 is 0 Å². The molecule has 0 atom stereocenters. The molecule has 0 amide bonds. The van der Waals surface area contributed by atoms with Crippen molar-refractivity contribution in [1.82, 2.24) is 0 Å². The molecule has 0 saturated carbocycles. The fourth-order valence-corrected chi connectivity index (χ4v) is 1.10. The van der Waals surface area contributed by atoms with Crippen LogP contribution in [0.3, 0.4) is 0 Å². The van der Waals surface area contributed by atoms with Gasteiger partial charge < -0.3 is 5.73 Å². The number of rotatable bonds is 4. The standard InChI is InChI=1S/C6H13NOS/c1-6(8)9-5-3-2-4-7/h2-5,7H2,1H3. The van der Waals surface area contributed by atoms with E-state index in [1.165, 1.54) is 11.8 Å². The SMILES string of the molecule is CC(=O)SCCCCN. The van der Waals surface area contributed by atoms with Crippen molar-refractivity contribution in [3.8, 4) is 0 Å². The minimum atomic E-state index is 0.201. The Bertz CT molecular complexity index is 85.1. The maximum atomic E-state index is 10.3. The average Bonchev–Trinajstić information content (AvgIpc) is 1.80. The molecule has 0 aliphatic rings. The molecular formula is C6H13NOS. The van der Waals surface area contributed by atoms with E-state index in [4.69, 9.17) is 5.73 Å². The second-order valence-corrected chi connectivity index (χ2v) is 3.11. The van der Waals surface area contributed by atoms with Gasteiger partial charge in [0.25, 0.3) is 0 Å². The van der Waals surface area contributed by atoms with Crippen molar-refractivity contribution in [2.24, 2.45) is 5.73 Å². The molecule has 0 heterocycles. The van der Waals surface area contributed by atoms with Crippen LogP contribution in [0.15, 0.2) is 0 Å². The van der Waals surface area contributed by atoms with E-state index in [-0.39, 0.29) is 5.12 Å². The number of hydrogen-bond donors (Lipinski definition) is 1. The second-order valence-electron chi connectivity index (χ2n) is 1.84. The highest BCUT2D eigenvalue weighted by atomic mass is 32.2. The van der Waals surface area contributed by atoms with Crippen LogP contribution in [-0.4, -0.2) is 17.4 Å². The molecule has 9 heavy (non-hydrogen) atoms. The summed E-state index contributed by atoms with van der Waals surface area (Å²) in [7, 11) is 0. The first kappa shape index (κ1) is 8.98. The molecule has 0 aromatic heterocycles. The largest absolute Gasteiger partial charge is 0.330 e. The van der Waals surface area contributed by atoms with Crippen molar-refractivity contribution in [3.63, 3.8) is 0 Å². The van der Waals surface area contributed by atoms with E-state index in [2.05, 4.69) is 0 Å². The minimum Gasteiger partial charge on any atom is -0.330 e. The number of carbonyl (C=O) groups is 1. The molecule has 0 unspecified atom stereocenters. The molecule has 2 N–H and O–H groups in total. The number of hydrogen-bond acceptors (Lipinski definition) is 3. The zero-order valence-electron chi connectivity index (χ0n) is 5.72. The molecule has 54 valence electrons. The van der Waals surface area contributed by atoms with Crippen molar-refractivity contribution in [1.29, 1.82) is 0 Å². The van der Waals surface area contributed by atoms with Crippen molar-refractivity contribution in [3.05, 3.63) is 0 Å². The summed E-state index contributed by atoms with van der Waals surface area (Å²) in [6.45, 7) is 2.32. The highest BCUT2D eigenvalue weighted by Crippen LogP contribution is 2.03. The Kier molecular flexibility index (Phi) is 6.09. The number of thioether (sulfide) groups is 1. The Hall–Kier alpha value is -0.0200. The van der Waals surface area contributed by atoms with Crippen LogP contribution in [0.2, 0.25) is 0 Å². The molecule has 3 heteroatoms. The van der Waals surface area contributed by atoms with Gasteiger partial charge in [-0.05, 0) is 19.4 Å². The zero-order chi connectivity index (χ0) is 7.11. The Morgan fingerprint density at radius 1 is 1.56 bits per heavy atom. The Morgan fingerprint density at radius 3 is 2.67 bits per heavy atom. The zero-order valence-corrected chi connectivity index (χ0v) is 6.54. The van der Waals surface area contributed by atoms with Crippen LogP contribution in [0.1, 0.15) is 19.8 Å². The van der Waals surface area contributed by atoms with Gasteiger partial charge in [0, 0.05) is 12.7 Å². The summed E-state index contributed by atoms with van der Waals surface area (Å²) in [6.07, 6.45) is 2.08. The molecule has 0 saturated heterocycles.